The highest BCUT2D eigenvalue weighted by Gasteiger charge is 2.24. The third-order valence-corrected chi connectivity index (χ3v) is 5.70. The number of anilines is 3. The largest absolute Gasteiger partial charge is 0.370 e. The van der Waals surface area contributed by atoms with Crippen molar-refractivity contribution < 1.29 is 9.59 Å². The second-order valence-corrected chi connectivity index (χ2v) is 7.56. The van der Waals surface area contributed by atoms with Gasteiger partial charge in [0.05, 0.1) is 11.4 Å². The number of piperidine rings is 1. The number of amides is 2. The average molecular weight is 390 g/mol. The van der Waals surface area contributed by atoms with Gasteiger partial charge in [-0.1, -0.05) is 24.3 Å². The van der Waals surface area contributed by atoms with Gasteiger partial charge in [-0.3, -0.25) is 9.59 Å². The summed E-state index contributed by atoms with van der Waals surface area (Å²) in [7, 11) is 0. The van der Waals surface area contributed by atoms with Gasteiger partial charge >= 0.3 is 0 Å². The van der Waals surface area contributed by atoms with Gasteiger partial charge in [0, 0.05) is 43.3 Å². The molecule has 1 saturated heterocycles. The highest BCUT2D eigenvalue weighted by atomic mass is 16.2. The number of nitrogens with one attached hydrogen (secondary N) is 1. The zero-order valence-corrected chi connectivity index (χ0v) is 16.4. The Morgan fingerprint density at radius 2 is 1.55 bits per heavy atom. The van der Waals surface area contributed by atoms with Crippen LogP contribution in [0.5, 0.6) is 0 Å². The Bertz CT molecular complexity index is 907. The molecule has 3 N–H and O–H groups in total. The number of rotatable bonds is 5. The summed E-state index contributed by atoms with van der Waals surface area (Å²) in [5.41, 5.74) is 8.94. The first-order chi connectivity index (χ1) is 14.1. The molecule has 2 aliphatic heterocycles. The number of carbonyl (C=O) groups is 2. The van der Waals surface area contributed by atoms with E-state index in [2.05, 4.69) is 27.3 Å². The molecule has 1 fully saturated rings. The van der Waals surface area contributed by atoms with Crippen molar-refractivity contribution in [3.8, 4) is 0 Å². The minimum absolute atomic E-state index is 0.0580. The number of benzene rings is 2. The van der Waals surface area contributed by atoms with Gasteiger partial charge in [0.1, 0.15) is 0 Å². The van der Waals surface area contributed by atoms with Crippen LogP contribution in [0, 0.1) is 5.92 Å². The Kier molecular flexibility index (Phi) is 5.51. The molecule has 4 rings (SSSR count). The quantitative estimate of drug-likeness (QED) is 0.770. The highest BCUT2D eigenvalue weighted by Crippen LogP contribution is 2.30. The molecule has 6 heteroatoms. The summed E-state index contributed by atoms with van der Waals surface area (Å²) in [5, 5.41) is 3.05. The fourth-order valence-electron chi connectivity index (χ4n) is 3.97. The molecule has 0 atom stereocenters. The van der Waals surface area contributed by atoms with Crippen LogP contribution in [0.3, 0.4) is 0 Å². The van der Waals surface area contributed by atoms with E-state index < -0.39 is 0 Å². The van der Waals surface area contributed by atoms with Gasteiger partial charge in [0.25, 0.3) is 5.91 Å². The van der Waals surface area contributed by atoms with E-state index in [1.807, 2.05) is 48.5 Å². The van der Waals surface area contributed by atoms with Crippen LogP contribution in [0.4, 0.5) is 17.1 Å². The topological polar surface area (TPSA) is 78.7 Å². The molecule has 0 aliphatic carbocycles. The van der Waals surface area contributed by atoms with Crippen LogP contribution >= 0.6 is 0 Å². The number of hydrogen-bond donors (Lipinski definition) is 2. The normalized spacial score (nSPS) is 16.8. The van der Waals surface area contributed by atoms with Crippen molar-refractivity contribution in [2.45, 2.75) is 12.8 Å². The smallest absolute Gasteiger partial charge is 0.255 e. The van der Waals surface area contributed by atoms with Crippen molar-refractivity contribution in [1.29, 1.82) is 0 Å². The second kappa shape index (κ2) is 8.39. The summed E-state index contributed by atoms with van der Waals surface area (Å²) in [4.78, 5) is 28.7. The van der Waals surface area contributed by atoms with Crippen molar-refractivity contribution in [2.24, 2.45) is 11.7 Å². The van der Waals surface area contributed by atoms with Crippen LogP contribution in [0.2, 0.25) is 0 Å². The van der Waals surface area contributed by atoms with Gasteiger partial charge in [-0.2, -0.15) is 0 Å². The Morgan fingerprint density at radius 3 is 2.21 bits per heavy atom. The SMILES string of the molecule is NC(=O)C1CCN(c2ccccc2NC(=O)c2ccc(N3CC=CC3)cc2)CC1. The Labute approximate surface area is 171 Å². The lowest BCUT2D eigenvalue weighted by molar-refractivity contribution is -0.122. The molecule has 0 aromatic heterocycles. The predicted molar refractivity (Wildman–Crippen MR) is 116 cm³/mol. The molecule has 2 amide bonds. The molecular formula is C23H26N4O2. The molecule has 29 heavy (non-hydrogen) atoms. The van der Waals surface area contributed by atoms with E-state index in [0.29, 0.717) is 5.56 Å². The number of carbonyl (C=O) groups excluding carboxylic acids is 2. The molecule has 0 spiro atoms. The lowest BCUT2D eigenvalue weighted by Crippen LogP contribution is -2.38. The van der Waals surface area contributed by atoms with E-state index in [0.717, 1.165) is 56.1 Å². The number of para-hydroxylation sites is 2. The van der Waals surface area contributed by atoms with Crippen LogP contribution in [-0.4, -0.2) is 38.0 Å². The van der Waals surface area contributed by atoms with Crippen molar-refractivity contribution in [3.63, 3.8) is 0 Å². The molecule has 0 bridgehead atoms. The molecule has 0 radical (unpaired) electrons. The zero-order chi connectivity index (χ0) is 20.2. The van der Waals surface area contributed by atoms with E-state index in [-0.39, 0.29) is 17.7 Å². The summed E-state index contributed by atoms with van der Waals surface area (Å²) in [6, 6.07) is 15.5. The van der Waals surface area contributed by atoms with Crippen molar-refractivity contribution >= 4 is 28.9 Å². The van der Waals surface area contributed by atoms with E-state index in [9.17, 15) is 9.59 Å². The summed E-state index contributed by atoms with van der Waals surface area (Å²) in [5.74, 6) is -0.410. The van der Waals surface area contributed by atoms with Gasteiger partial charge in [-0.25, -0.2) is 0 Å². The minimum Gasteiger partial charge on any atom is -0.370 e. The number of hydrogen-bond acceptors (Lipinski definition) is 4. The van der Waals surface area contributed by atoms with Gasteiger partial charge in [-0.05, 0) is 49.2 Å². The Hall–Kier alpha value is -3.28. The summed E-state index contributed by atoms with van der Waals surface area (Å²) < 4.78 is 0. The number of nitrogens with two attached hydrogens (primary N) is 1. The molecule has 0 unspecified atom stereocenters. The molecule has 6 nitrogen and oxygen atoms in total. The highest BCUT2D eigenvalue weighted by molar-refractivity contribution is 6.06. The standard InChI is InChI=1S/C23H26N4O2/c24-22(28)17-11-15-27(16-12-17)21-6-2-1-5-20(21)25-23(29)18-7-9-19(10-8-18)26-13-3-4-14-26/h1-10,17H,11-16H2,(H2,24,28)(H,25,29). The summed E-state index contributed by atoms with van der Waals surface area (Å²) in [6.07, 6.45) is 5.77. The molecule has 150 valence electrons. The third-order valence-electron chi connectivity index (χ3n) is 5.70. The van der Waals surface area contributed by atoms with Crippen molar-refractivity contribution in [2.75, 3.05) is 41.3 Å². The molecule has 2 heterocycles. The summed E-state index contributed by atoms with van der Waals surface area (Å²) >= 11 is 0. The first-order valence-corrected chi connectivity index (χ1v) is 10.1. The van der Waals surface area contributed by atoms with Gasteiger partial charge in [0.2, 0.25) is 5.91 Å². The maximum atomic E-state index is 12.8. The van der Waals surface area contributed by atoms with Crippen LogP contribution in [0.1, 0.15) is 23.2 Å². The average Bonchev–Trinajstić information content (AvgIpc) is 3.29. The van der Waals surface area contributed by atoms with Gasteiger partial charge in [-0.15, -0.1) is 0 Å². The van der Waals surface area contributed by atoms with E-state index in [4.69, 9.17) is 5.73 Å². The molecule has 2 aromatic rings. The van der Waals surface area contributed by atoms with Crippen LogP contribution in [0.25, 0.3) is 0 Å². The van der Waals surface area contributed by atoms with Crippen LogP contribution < -0.4 is 20.9 Å². The van der Waals surface area contributed by atoms with Crippen molar-refractivity contribution in [1.82, 2.24) is 0 Å². The van der Waals surface area contributed by atoms with Crippen molar-refractivity contribution in [3.05, 3.63) is 66.2 Å². The predicted octanol–water partition coefficient (Wildman–Crippen LogP) is 3.02. The first-order valence-electron chi connectivity index (χ1n) is 10.1. The maximum absolute atomic E-state index is 12.8. The third kappa shape index (κ3) is 4.26. The van der Waals surface area contributed by atoms with Crippen LogP contribution in [0.15, 0.2) is 60.7 Å². The van der Waals surface area contributed by atoms with E-state index in [1.54, 1.807) is 0 Å². The van der Waals surface area contributed by atoms with Crippen LogP contribution in [-0.2, 0) is 4.79 Å². The van der Waals surface area contributed by atoms with Gasteiger partial charge < -0.3 is 20.9 Å². The minimum atomic E-state index is -0.223. The molecule has 0 saturated carbocycles. The van der Waals surface area contributed by atoms with E-state index >= 15 is 0 Å². The Morgan fingerprint density at radius 1 is 0.897 bits per heavy atom. The fraction of sp³-hybridized carbons (Fsp3) is 0.304. The Balaban J connectivity index is 1.44. The second-order valence-electron chi connectivity index (χ2n) is 7.56. The fourth-order valence-corrected chi connectivity index (χ4v) is 3.97. The van der Waals surface area contributed by atoms with Gasteiger partial charge in [0.15, 0.2) is 0 Å². The maximum Gasteiger partial charge on any atom is 0.255 e. The monoisotopic (exact) mass is 390 g/mol. The number of nitrogens with zero attached hydrogens (tertiary/aromatic N) is 2. The zero-order valence-electron chi connectivity index (χ0n) is 16.4. The lowest BCUT2D eigenvalue weighted by atomic mass is 9.96. The summed E-state index contributed by atoms with van der Waals surface area (Å²) in [6.45, 7) is 3.31. The molecule has 2 aliphatic rings. The first kappa shape index (κ1) is 19.1. The molecule has 2 aromatic carbocycles. The number of primary amides is 1. The molecular weight excluding hydrogens is 364 g/mol. The lowest BCUT2D eigenvalue weighted by Gasteiger charge is -2.33. The van der Waals surface area contributed by atoms with E-state index in [1.165, 1.54) is 0 Å².